The maximum Gasteiger partial charge on any atom is 0.324 e. The minimum atomic E-state index is -0.0794. The van der Waals surface area contributed by atoms with Gasteiger partial charge in [-0.05, 0) is 18.4 Å². The number of amides is 2. The van der Waals surface area contributed by atoms with E-state index in [0.717, 1.165) is 31.5 Å². The molecule has 0 radical (unpaired) electrons. The molecule has 116 valence electrons. The Kier molecular flexibility index (Phi) is 4.68. The third kappa shape index (κ3) is 3.63. The molecule has 1 aliphatic rings. The number of hydrogen-bond donors (Lipinski definition) is 1. The summed E-state index contributed by atoms with van der Waals surface area (Å²) in [7, 11) is 0. The Labute approximate surface area is 130 Å². The number of hydrogen-bond acceptors (Lipinski definition) is 3. The Morgan fingerprint density at radius 3 is 2.55 bits per heavy atom. The molecular formula is C16H21N5O. The second-order valence-corrected chi connectivity index (χ2v) is 5.60. The van der Waals surface area contributed by atoms with Crippen molar-refractivity contribution in [2.75, 3.05) is 18.4 Å². The molecule has 1 aromatic carbocycles. The van der Waals surface area contributed by atoms with E-state index in [2.05, 4.69) is 15.5 Å². The molecule has 1 N–H and O–H groups in total. The predicted octanol–water partition coefficient (Wildman–Crippen LogP) is 2.73. The molecule has 22 heavy (non-hydrogen) atoms. The van der Waals surface area contributed by atoms with Gasteiger partial charge in [0, 0.05) is 13.1 Å². The third-order valence-corrected chi connectivity index (χ3v) is 3.92. The molecule has 2 aromatic rings. The number of anilines is 1. The maximum absolute atomic E-state index is 12.4. The molecule has 6 heteroatoms. The SMILES string of the molecule is O=C(Nc1nncn1Cc1ccccc1)N1CCCCCC1. The Balaban J connectivity index is 1.65. The maximum atomic E-state index is 12.4. The number of nitrogens with one attached hydrogen (secondary N) is 1. The van der Waals surface area contributed by atoms with E-state index in [1.807, 2.05) is 39.8 Å². The zero-order valence-corrected chi connectivity index (χ0v) is 12.6. The molecule has 1 fully saturated rings. The van der Waals surface area contributed by atoms with Gasteiger partial charge in [0.1, 0.15) is 6.33 Å². The summed E-state index contributed by atoms with van der Waals surface area (Å²) in [5, 5.41) is 10.8. The van der Waals surface area contributed by atoms with Crippen molar-refractivity contribution in [2.24, 2.45) is 0 Å². The van der Waals surface area contributed by atoms with Gasteiger partial charge in [0.15, 0.2) is 0 Å². The average Bonchev–Trinajstić information content (AvgIpc) is 2.80. The number of nitrogens with zero attached hydrogens (tertiary/aromatic N) is 4. The molecule has 2 amide bonds. The molecular weight excluding hydrogens is 278 g/mol. The normalized spacial score (nSPS) is 15.4. The molecule has 3 rings (SSSR count). The molecule has 6 nitrogen and oxygen atoms in total. The summed E-state index contributed by atoms with van der Waals surface area (Å²) >= 11 is 0. The molecule has 2 heterocycles. The van der Waals surface area contributed by atoms with Crippen LogP contribution in [-0.2, 0) is 6.54 Å². The fourth-order valence-electron chi connectivity index (χ4n) is 2.70. The van der Waals surface area contributed by atoms with Crippen LogP contribution in [0.15, 0.2) is 36.7 Å². The fourth-order valence-corrected chi connectivity index (χ4v) is 2.70. The lowest BCUT2D eigenvalue weighted by Crippen LogP contribution is -2.36. The van der Waals surface area contributed by atoms with Crippen LogP contribution in [0.5, 0.6) is 0 Å². The highest BCUT2D eigenvalue weighted by atomic mass is 16.2. The van der Waals surface area contributed by atoms with E-state index in [0.29, 0.717) is 12.5 Å². The van der Waals surface area contributed by atoms with Crippen molar-refractivity contribution in [3.05, 3.63) is 42.2 Å². The van der Waals surface area contributed by atoms with E-state index in [1.54, 1.807) is 6.33 Å². The lowest BCUT2D eigenvalue weighted by molar-refractivity contribution is 0.213. The number of aromatic nitrogens is 3. The number of benzene rings is 1. The minimum absolute atomic E-state index is 0.0794. The van der Waals surface area contributed by atoms with Crippen LogP contribution in [0.4, 0.5) is 10.7 Å². The molecule has 1 aromatic heterocycles. The summed E-state index contributed by atoms with van der Waals surface area (Å²) in [6.45, 7) is 2.28. The van der Waals surface area contributed by atoms with Crippen molar-refractivity contribution in [1.29, 1.82) is 0 Å². The topological polar surface area (TPSA) is 63.1 Å². The standard InChI is InChI=1S/C16H21N5O/c22-16(20-10-6-1-2-7-11-20)18-15-19-17-13-21(15)12-14-8-4-3-5-9-14/h3-5,8-9,13H,1-2,6-7,10-12H2,(H,18,19,22). The lowest BCUT2D eigenvalue weighted by atomic mass is 10.2. The highest BCUT2D eigenvalue weighted by Crippen LogP contribution is 2.12. The number of likely N-dealkylation sites (tertiary alicyclic amines) is 1. The van der Waals surface area contributed by atoms with Crippen molar-refractivity contribution in [1.82, 2.24) is 19.7 Å². The van der Waals surface area contributed by atoms with E-state index < -0.39 is 0 Å². The summed E-state index contributed by atoms with van der Waals surface area (Å²) in [4.78, 5) is 14.2. The highest BCUT2D eigenvalue weighted by molar-refractivity contribution is 5.87. The number of carbonyl (C=O) groups excluding carboxylic acids is 1. The smallest absolute Gasteiger partial charge is 0.324 e. The van der Waals surface area contributed by atoms with Gasteiger partial charge in [-0.2, -0.15) is 0 Å². The van der Waals surface area contributed by atoms with E-state index in [4.69, 9.17) is 0 Å². The van der Waals surface area contributed by atoms with Crippen LogP contribution in [0.1, 0.15) is 31.2 Å². The van der Waals surface area contributed by atoms with Crippen molar-refractivity contribution in [3.63, 3.8) is 0 Å². The quantitative estimate of drug-likeness (QED) is 0.948. The van der Waals surface area contributed by atoms with Crippen LogP contribution in [-0.4, -0.2) is 38.8 Å². The molecule has 1 saturated heterocycles. The van der Waals surface area contributed by atoms with E-state index in [1.165, 1.54) is 12.8 Å². The largest absolute Gasteiger partial charge is 0.324 e. The van der Waals surface area contributed by atoms with Crippen molar-refractivity contribution in [2.45, 2.75) is 32.2 Å². The fraction of sp³-hybridized carbons (Fsp3) is 0.438. The number of urea groups is 1. The molecule has 0 atom stereocenters. The van der Waals surface area contributed by atoms with Gasteiger partial charge in [-0.1, -0.05) is 43.2 Å². The summed E-state index contributed by atoms with van der Waals surface area (Å²) < 4.78 is 1.85. The Bertz CT molecular complexity index is 602. The van der Waals surface area contributed by atoms with Gasteiger partial charge in [-0.25, -0.2) is 4.79 Å². The van der Waals surface area contributed by atoms with Gasteiger partial charge < -0.3 is 4.90 Å². The average molecular weight is 299 g/mol. The summed E-state index contributed by atoms with van der Waals surface area (Å²) in [6, 6.07) is 9.98. The zero-order valence-electron chi connectivity index (χ0n) is 12.6. The summed E-state index contributed by atoms with van der Waals surface area (Å²) in [5.74, 6) is 0.498. The first-order chi connectivity index (χ1) is 10.8. The first-order valence-electron chi connectivity index (χ1n) is 7.80. The van der Waals surface area contributed by atoms with E-state index >= 15 is 0 Å². The van der Waals surface area contributed by atoms with Crippen LogP contribution in [0.25, 0.3) is 0 Å². The molecule has 1 aliphatic heterocycles. The Morgan fingerprint density at radius 2 is 1.82 bits per heavy atom. The molecule has 0 saturated carbocycles. The van der Waals surface area contributed by atoms with Crippen molar-refractivity contribution < 1.29 is 4.79 Å². The summed E-state index contributed by atoms with van der Waals surface area (Å²) in [6.07, 6.45) is 6.20. The zero-order chi connectivity index (χ0) is 15.2. The third-order valence-electron chi connectivity index (χ3n) is 3.92. The van der Waals surface area contributed by atoms with Gasteiger partial charge >= 0.3 is 6.03 Å². The first-order valence-corrected chi connectivity index (χ1v) is 7.80. The minimum Gasteiger partial charge on any atom is -0.324 e. The van der Waals surface area contributed by atoms with Crippen LogP contribution >= 0.6 is 0 Å². The Morgan fingerprint density at radius 1 is 1.09 bits per heavy atom. The van der Waals surface area contributed by atoms with Gasteiger partial charge in [0.05, 0.1) is 6.54 Å². The second-order valence-electron chi connectivity index (χ2n) is 5.60. The predicted molar refractivity (Wildman–Crippen MR) is 84.6 cm³/mol. The van der Waals surface area contributed by atoms with Gasteiger partial charge in [-0.3, -0.25) is 9.88 Å². The second kappa shape index (κ2) is 7.06. The van der Waals surface area contributed by atoms with Gasteiger partial charge in [0.25, 0.3) is 0 Å². The number of carbonyl (C=O) groups is 1. The first kappa shape index (κ1) is 14.6. The van der Waals surface area contributed by atoms with Gasteiger partial charge in [-0.15, -0.1) is 10.2 Å². The lowest BCUT2D eigenvalue weighted by Gasteiger charge is -2.20. The van der Waals surface area contributed by atoms with Crippen LogP contribution < -0.4 is 5.32 Å². The molecule has 0 spiro atoms. The van der Waals surface area contributed by atoms with E-state index in [9.17, 15) is 4.79 Å². The van der Waals surface area contributed by atoms with Crippen LogP contribution in [0.3, 0.4) is 0 Å². The summed E-state index contributed by atoms with van der Waals surface area (Å²) in [5.41, 5.74) is 1.15. The highest BCUT2D eigenvalue weighted by Gasteiger charge is 2.17. The number of rotatable bonds is 3. The van der Waals surface area contributed by atoms with Crippen molar-refractivity contribution in [3.8, 4) is 0 Å². The van der Waals surface area contributed by atoms with Crippen LogP contribution in [0, 0.1) is 0 Å². The van der Waals surface area contributed by atoms with Crippen LogP contribution in [0.2, 0.25) is 0 Å². The van der Waals surface area contributed by atoms with Crippen molar-refractivity contribution >= 4 is 12.0 Å². The monoisotopic (exact) mass is 299 g/mol. The molecule has 0 aliphatic carbocycles. The molecule has 0 unspecified atom stereocenters. The Hall–Kier alpha value is -2.37. The van der Waals surface area contributed by atoms with Gasteiger partial charge in [0.2, 0.25) is 5.95 Å². The molecule has 0 bridgehead atoms. The van der Waals surface area contributed by atoms with E-state index in [-0.39, 0.29) is 6.03 Å².